The number of hydrogen-bond acceptors (Lipinski definition) is 4. The van der Waals surface area contributed by atoms with Crippen molar-refractivity contribution in [1.82, 2.24) is 4.90 Å². The van der Waals surface area contributed by atoms with Crippen LogP contribution in [0.3, 0.4) is 0 Å². The lowest BCUT2D eigenvalue weighted by Gasteiger charge is -2.36. The van der Waals surface area contributed by atoms with Crippen LogP contribution in [0.25, 0.3) is 0 Å². The second-order valence-corrected chi connectivity index (χ2v) is 7.20. The number of carbonyl (C=O) groups is 1. The maximum absolute atomic E-state index is 12.7. The lowest BCUT2D eigenvalue weighted by Crippen LogP contribution is -3.09. The van der Waals surface area contributed by atoms with E-state index in [-0.39, 0.29) is 5.91 Å². The summed E-state index contributed by atoms with van der Waals surface area (Å²) in [5.74, 6) is 1.94. The average Bonchev–Trinajstić information content (AvgIpc) is 2.73. The number of anilines is 1. The second kappa shape index (κ2) is 9.46. The van der Waals surface area contributed by atoms with Crippen molar-refractivity contribution < 1.29 is 19.2 Å². The lowest BCUT2D eigenvalue weighted by atomic mass is 10.2. The van der Waals surface area contributed by atoms with E-state index in [1.54, 1.807) is 14.2 Å². The Labute approximate surface area is 167 Å². The molecule has 1 amide bonds. The number of hydrogen-bond donors (Lipinski definition) is 1. The molecule has 1 N–H and O–H groups in total. The largest absolute Gasteiger partial charge is 0.497 e. The van der Waals surface area contributed by atoms with Crippen molar-refractivity contribution in [3.63, 3.8) is 0 Å². The van der Waals surface area contributed by atoms with Crippen LogP contribution in [0.15, 0.2) is 48.5 Å². The summed E-state index contributed by atoms with van der Waals surface area (Å²) >= 11 is 0. The number of piperazine rings is 1. The first kappa shape index (κ1) is 20.0. The van der Waals surface area contributed by atoms with Crippen molar-refractivity contribution in [3.8, 4) is 11.5 Å². The molecule has 6 heteroatoms. The number of nitrogens with one attached hydrogen (secondary N) is 1. The zero-order valence-electron chi connectivity index (χ0n) is 17.0. The van der Waals surface area contributed by atoms with Gasteiger partial charge in [0.05, 0.1) is 27.0 Å². The van der Waals surface area contributed by atoms with Crippen LogP contribution in [-0.4, -0.2) is 64.8 Å². The number of para-hydroxylation sites is 2. The van der Waals surface area contributed by atoms with Gasteiger partial charge in [0.25, 0.3) is 5.91 Å². The Hall–Kier alpha value is -2.73. The molecule has 1 heterocycles. The molecule has 1 aliphatic heterocycles. The van der Waals surface area contributed by atoms with Gasteiger partial charge < -0.3 is 24.2 Å². The molecule has 6 nitrogen and oxygen atoms in total. The first-order valence-electron chi connectivity index (χ1n) is 9.70. The third-order valence-corrected chi connectivity index (χ3v) is 5.15. The van der Waals surface area contributed by atoms with Crippen molar-refractivity contribution in [2.75, 3.05) is 58.9 Å². The summed E-state index contributed by atoms with van der Waals surface area (Å²) in [4.78, 5) is 18.2. The average molecular weight is 385 g/mol. The number of benzene rings is 2. The molecule has 1 saturated heterocycles. The SMILES string of the molecule is COc1cccc(C[NH+](C)CC(=O)N2CCN(c3ccccc3OC)CC2)c1. The van der Waals surface area contributed by atoms with Crippen molar-refractivity contribution in [2.24, 2.45) is 0 Å². The number of rotatable bonds is 7. The molecule has 0 aromatic heterocycles. The fraction of sp³-hybridized carbons (Fsp3) is 0.409. The quantitative estimate of drug-likeness (QED) is 0.776. The first-order valence-corrected chi connectivity index (χ1v) is 9.70. The van der Waals surface area contributed by atoms with Gasteiger partial charge in [-0.1, -0.05) is 24.3 Å². The summed E-state index contributed by atoms with van der Waals surface area (Å²) in [6.45, 7) is 4.41. The van der Waals surface area contributed by atoms with Crippen LogP contribution in [-0.2, 0) is 11.3 Å². The molecule has 28 heavy (non-hydrogen) atoms. The lowest BCUT2D eigenvalue weighted by molar-refractivity contribution is -0.885. The zero-order valence-corrected chi connectivity index (χ0v) is 17.0. The maximum atomic E-state index is 12.7. The predicted octanol–water partition coefficient (Wildman–Crippen LogP) is 1.07. The van der Waals surface area contributed by atoms with Crippen molar-refractivity contribution in [3.05, 3.63) is 54.1 Å². The van der Waals surface area contributed by atoms with Crippen LogP contribution in [0.4, 0.5) is 5.69 Å². The summed E-state index contributed by atoms with van der Waals surface area (Å²) in [6.07, 6.45) is 0. The number of quaternary nitrogens is 1. The van der Waals surface area contributed by atoms with Crippen LogP contribution >= 0.6 is 0 Å². The molecule has 0 radical (unpaired) electrons. The van der Waals surface area contributed by atoms with Gasteiger partial charge in [-0.2, -0.15) is 0 Å². The van der Waals surface area contributed by atoms with E-state index in [0.717, 1.165) is 49.9 Å². The highest BCUT2D eigenvalue weighted by atomic mass is 16.5. The van der Waals surface area contributed by atoms with E-state index in [4.69, 9.17) is 9.47 Å². The van der Waals surface area contributed by atoms with Gasteiger partial charge in [0.1, 0.15) is 18.0 Å². The van der Waals surface area contributed by atoms with Gasteiger partial charge in [0.15, 0.2) is 6.54 Å². The van der Waals surface area contributed by atoms with E-state index in [0.29, 0.717) is 6.54 Å². The van der Waals surface area contributed by atoms with E-state index < -0.39 is 0 Å². The van der Waals surface area contributed by atoms with E-state index >= 15 is 0 Å². The summed E-state index contributed by atoms with van der Waals surface area (Å²) in [5.41, 5.74) is 2.27. The Bertz CT molecular complexity index is 788. The molecule has 0 aliphatic carbocycles. The van der Waals surface area contributed by atoms with Crippen LogP contribution in [0.2, 0.25) is 0 Å². The smallest absolute Gasteiger partial charge is 0.277 e. The number of carbonyl (C=O) groups excluding carboxylic acids is 1. The Balaban J connectivity index is 1.50. The molecule has 3 rings (SSSR count). The van der Waals surface area contributed by atoms with E-state index in [1.165, 1.54) is 10.5 Å². The Morgan fingerprint density at radius 2 is 1.75 bits per heavy atom. The molecular weight excluding hydrogens is 354 g/mol. The van der Waals surface area contributed by atoms with Crippen molar-refractivity contribution in [2.45, 2.75) is 6.54 Å². The molecule has 2 aromatic rings. The maximum Gasteiger partial charge on any atom is 0.277 e. The van der Waals surface area contributed by atoms with Crippen LogP contribution < -0.4 is 19.3 Å². The van der Waals surface area contributed by atoms with Crippen molar-refractivity contribution >= 4 is 11.6 Å². The van der Waals surface area contributed by atoms with Crippen LogP contribution in [0, 0.1) is 0 Å². The Kier molecular flexibility index (Phi) is 6.76. The van der Waals surface area contributed by atoms with Crippen LogP contribution in [0.1, 0.15) is 5.56 Å². The Morgan fingerprint density at radius 1 is 1.00 bits per heavy atom. The summed E-state index contributed by atoms with van der Waals surface area (Å²) in [7, 11) is 5.42. The number of methoxy groups -OCH3 is 2. The minimum absolute atomic E-state index is 0.208. The third-order valence-electron chi connectivity index (χ3n) is 5.15. The second-order valence-electron chi connectivity index (χ2n) is 7.20. The van der Waals surface area contributed by atoms with E-state index in [2.05, 4.69) is 24.1 Å². The molecule has 0 bridgehead atoms. The minimum atomic E-state index is 0.208. The molecule has 0 saturated carbocycles. The van der Waals surface area contributed by atoms with E-state index in [9.17, 15) is 4.79 Å². The third kappa shape index (κ3) is 4.95. The summed E-state index contributed by atoms with van der Waals surface area (Å²) in [5, 5.41) is 0. The summed E-state index contributed by atoms with van der Waals surface area (Å²) in [6, 6.07) is 16.1. The highest BCUT2D eigenvalue weighted by Crippen LogP contribution is 2.28. The number of nitrogens with zero attached hydrogens (tertiary/aromatic N) is 2. The predicted molar refractivity (Wildman–Crippen MR) is 110 cm³/mol. The van der Waals surface area contributed by atoms with Gasteiger partial charge in [-0.05, 0) is 24.3 Å². The molecule has 1 atom stereocenters. The standard InChI is InChI=1S/C22H29N3O3/c1-23(16-18-7-6-8-19(15-18)27-2)17-22(26)25-13-11-24(12-14-25)20-9-4-5-10-21(20)28-3/h4-10,15H,11-14,16-17H2,1-3H3/p+1. The highest BCUT2D eigenvalue weighted by molar-refractivity contribution is 5.77. The molecule has 150 valence electrons. The van der Waals surface area contributed by atoms with Gasteiger partial charge in [0.2, 0.25) is 0 Å². The first-order chi connectivity index (χ1) is 13.6. The minimum Gasteiger partial charge on any atom is -0.497 e. The molecule has 1 aliphatic rings. The molecule has 1 fully saturated rings. The number of ether oxygens (including phenoxy) is 2. The zero-order chi connectivity index (χ0) is 19.9. The highest BCUT2D eigenvalue weighted by Gasteiger charge is 2.24. The van der Waals surface area contributed by atoms with Crippen LogP contribution in [0.5, 0.6) is 11.5 Å². The topological polar surface area (TPSA) is 46.5 Å². The number of likely N-dealkylation sites (N-methyl/N-ethyl adjacent to an activating group) is 1. The van der Waals surface area contributed by atoms with E-state index in [1.807, 2.05) is 41.3 Å². The monoisotopic (exact) mass is 384 g/mol. The van der Waals surface area contributed by atoms with Gasteiger partial charge in [-0.3, -0.25) is 4.79 Å². The normalized spacial score (nSPS) is 15.2. The molecular formula is C22H30N3O3+. The summed E-state index contributed by atoms with van der Waals surface area (Å²) < 4.78 is 10.7. The van der Waals surface area contributed by atoms with Gasteiger partial charge in [-0.25, -0.2) is 0 Å². The number of amides is 1. The van der Waals surface area contributed by atoms with Gasteiger partial charge in [0, 0.05) is 31.7 Å². The molecule has 2 aromatic carbocycles. The molecule has 1 unspecified atom stereocenters. The molecule has 0 spiro atoms. The van der Waals surface area contributed by atoms with Gasteiger partial charge in [-0.15, -0.1) is 0 Å². The van der Waals surface area contributed by atoms with Gasteiger partial charge >= 0.3 is 0 Å². The van der Waals surface area contributed by atoms with Crippen molar-refractivity contribution in [1.29, 1.82) is 0 Å². The fourth-order valence-corrected chi connectivity index (χ4v) is 3.65. The fourth-order valence-electron chi connectivity index (χ4n) is 3.65. The Morgan fingerprint density at radius 3 is 2.46 bits per heavy atom.